The van der Waals surface area contributed by atoms with Crippen molar-refractivity contribution in [2.75, 3.05) is 10.6 Å². The number of aromatic nitrogens is 4. The second-order valence-corrected chi connectivity index (χ2v) is 8.40. The molecule has 1 amide bonds. The zero-order valence-electron chi connectivity index (χ0n) is 18.9. The lowest BCUT2D eigenvalue weighted by molar-refractivity contribution is -0.137. The van der Waals surface area contributed by atoms with Gasteiger partial charge in [-0.05, 0) is 68.9 Å². The van der Waals surface area contributed by atoms with Gasteiger partial charge in [0.2, 0.25) is 5.91 Å². The molecule has 0 radical (unpaired) electrons. The SMILES string of the molecule is O=C(Nc1cccnc1)C1CCC(=CCCc2cc(Nc3ccc(C(F)(F)F)cn3)cnn2)CC1. The van der Waals surface area contributed by atoms with Gasteiger partial charge in [-0.1, -0.05) is 11.6 Å². The Labute approximate surface area is 200 Å². The lowest BCUT2D eigenvalue weighted by Crippen LogP contribution is -2.25. The summed E-state index contributed by atoms with van der Waals surface area (Å²) in [7, 11) is 0. The Morgan fingerprint density at radius 1 is 1.09 bits per heavy atom. The number of halogens is 3. The quantitative estimate of drug-likeness (QED) is 0.419. The molecule has 35 heavy (non-hydrogen) atoms. The molecule has 0 aromatic carbocycles. The van der Waals surface area contributed by atoms with Gasteiger partial charge in [0.15, 0.2) is 0 Å². The average molecular weight is 483 g/mol. The first-order valence-corrected chi connectivity index (χ1v) is 11.4. The summed E-state index contributed by atoms with van der Waals surface area (Å²) in [6.45, 7) is 0. The zero-order chi connectivity index (χ0) is 24.7. The number of nitrogens with zero attached hydrogens (tertiary/aromatic N) is 4. The van der Waals surface area contributed by atoms with E-state index in [1.807, 2.05) is 12.1 Å². The van der Waals surface area contributed by atoms with E-state index >= 15 is 0 Å². The van der Waals surface area contributed by atoms with Crippen LogP contribution >= 0.6 is 0 Å². The number of allylic oxidation sites excluding steroid dienone is 2. The number of aryl methyl sites for hydroxylation is 1. The number of rotatable bonds is 7. The summed E-state index contributed by atoms with van der Waals surface area (Å²) >= 11 is 0. The third kappa shape index (κ3) is 7.08. The number of amides is 1. The number of hydrogen-bond acceptors (Lipinski definition) is 6. The van der Waals surface area contributed by atoms with Gasteiger partial charge in [-0.15, -0.1) is 0 Å². The highest BCUT2D eigenvalue weighted by atomic mass is 19.4. The molecule has 4 rings (SSSR count). The van der Waals surface area contributed by atoms with Crippen LogP contribution in [0.25, 0.3) is 0 Å². The predicted molar refractivity (Wildman–Crippen MR) is 126 cm³/mol. The van der Waals surface area contributed by atoms with E-state index in [1.165, 1.54) is 17.8 Å². The van der Waals surface area contributed by atoms with Crippen LogP contribution in [0.1, 0.15) is 43.4 Å². The minimum Gasteiger partial charge on any atom is -0.339 e. The molecule has 0 saturated heterocycles. The Morgan fingerprint density at radius 3 is 2.60 bits per heavy atom. The topological polar surface area (TPSA) is 92.7 Å². The molecule has 7 nitrogen and oxygen atoms in total. The summed E-state index contributed by atoms with van der Waals surface area (Å²) in [5.74, 6) is 0.336. The Bertz CT molecular complexity index is 1160. The first-order chi connectivity index (χ1) is 16.9. The van der Waals surface area contributed by atoms with Crippen LogP contribution in [0.4, 0.5) is 30.4 Å². The van der Waals surface area contributed by atoms with Gasteiger partial charge in [0, 0.05) is 18.3 Å². The molecule has 0 bridgehead atoms. The fourth-order valence-electron chi connectivity index (χ4n) is 3.94. The van der Waals surface area contributed by atoms with Gasteiger partial charge in [0.1, 0.15) is 5.82 Å². The highest BCUT2D eigenvalue weighted by Gasteiger charge is 2.30. The number of anilines is 3. The van der Waals surface area contributed by atoms with Crippen LogP contribution in [-0.4, -0.2) is 26.1 Å². The fourth-order valence-corrected chi connectivity index (χ4v) is 3.94. The molecule has 0 unspecified atom stereocenters. The monoisotopic (exact) mass is 482 g/mol. The average Bonchev–Trinajstić information content (AvgIpc) is 2.85. The highest BCUT2D eigenvalue weighted by molar-refractivity contribution is 5.92. The molecule has 3 aromatic heterocycles. The number of nitrogens with one attached hydrogen (secondary N) is 2. The molecule has 3 heterocycles. The van der Waals surface area contributed by atoms with Crippen molar-refractivity contribution in [1.29, 1.82) is 0 Å². The van der Waals surface area contributed by atoms with Gasteiger partial charge < -0.3 is 10.6 Å². The van der Waals surface area contributed by atoms with Gasteiger partial charge >= 0.3 is 6.18 Å². The third-order valence-electron chi connectivity index (χ3n) is 5.83. The van der Waals surface area contributed by atoms with Crippen LogP contribution < -0.4 is 10.6 Å². The first-order valence-electron chi connectivity index (χ1n) is 11.4. The summed E-state index contributed by atoms with van der Waals surface area (Å²) in [5, 5.41) is 14.0. The first kappa shape index (κ1) is 24.3. The van der Waals surface area contributed by atoms with Gasteiger partial charge in [0.25, 0.3) is 0 Å². The second-order valence-electron chi connectivity index (χ2n) is 8.40. The molecule has 3 aromatic rings. The van der Waals surface area contributed by atoms with Gasteiger partial charge in [-0.25, -0.2) is 4.98 Å². The molecule has 1 fully saturated rings. The summed E-state index contributed by atoms with van der Waals surface area (Å²) < 4.78 is 38.1. The summed E-state index contributed by atoms with van der Waals surface area (Å²) in [6.07, 6.45) is 8.26. The summed E-state index contributed by atoms with van der Waals surface area (Å²) in [4.78, 5) is 20.3. The number of pyridine rings is 2. The molecular weight excluding hydrogens is 457 g/mol. The van der Waals surface area contributed by atoms with E-state index in [1.54, 1.807) is 18.5 Å². The normalized spacial score (nSPS) is 16.0. The second kappa shape index (κ2) is 11.1. The van der Waals surface area contributed by atoms with Crippen molar-refractivity contribution < 1.29 is 18.0 Å². The molecular formula is C25H25F3N6O. The van der Waals surface area contributed by atoms with Crippen molar-refractivity contribution in [2.45, 2.75) is 44.7 Å². The van der Waals surface area contributed by atoms with Crippen LogP contribution in [0.2, 0.25) is 0 Å². The van der Waals surface area contributed by atoms with Crippen molar-refractivity contribution in [1.82, 2.24) is 20.2 Å². The Kier molecular flexibility index (Phi) is 7.69. The van der Waals surface area contributed by atoms with Crippen LogP contribution in [0, 0.1) is 5.92 Å². The molecule has 0 spiro atoms. The maximum absolute atomic E-state index is 12.7. The van der Waals surface area contributed by atoms with Crippen molar-refractivity contribution in [3.05, 3.63) is 78.0 Å². The predicted octanol–water partition coefficient (Wildman–Crippen LogP) is 5.72. The standard InChI is InChI=1S/C25H25F3N6O/c26-25(27,28)19-10-11-23(30-14-19)32-22-13-20(34-31-16-22)4-1-3-17-6-8-18(9-7-17)24(35)33-21-5-2-12-29-15-21/h2-3,5,10-16,18H,1,4,6-9H2,(H,33,35)(H,30,32,34). The van der Waals surface area contributed by atoms with Crippen LogP contribution in [0.3, 0.4) is 0 Å². The van der Waals surface area contributed by atoms with Crippen LogP contribution in [0.5, 0.6) is 0 Å². The Balaban J connectivity index is 1.24. The maximum atomic E-state index is 12.7. The largest absolute Gasteiger partial charge is 0.417 e. The number of carbonyl (C=O) groups is 1. The van der Waals surface area contributed by atoms with Crippen molar-refractivity contribution in [3.8, 4) is 0 Å². The molecule has 2 N–H and O–H groups in total. The van der Waals surface area contributed by atoms with Crippen molar-refractivity contribution in [2.24, 2.45) is 5.92 Å². The lowest BCUT2D eigenvalue weighted by Gasteiger charge is -2.23. The number of hydrogen-bond donors (Lipinski definition) is 2. The molecule has 0 aliphatic heterocycles. The van der Waals surface area contributed by atoms with E-state index in [0.717, 1.165) is 50.1 Å². The van der Waals surface area contributed by atoms with E-state index in [0.29, 0.717) is 23.6 Å². The Hall–Kier alpha value is -3.82. The maximum Gasteiger partial charge on any atom is 0.417 e. The van der Waals surface area contributed by atoms with E-state index < -0.39 is 11.7 Å². The van der Waals surface area contributed by atoms with Gasteiger partial charge in [0.05, 0.1) is 35.0 Å². The third-order valence-corrected chi connectivity index (χ3v) is 5.83. The van der Waals surface area contributed by atoms with Crippen molar-refractivity contribution in [3.63, 3.8) is 0 Å². The van der Waals surface area contributed by atoms with E-state index in [2.05, 4.69) is 36.9 Å². The summed E-state index contributed by atoms with van der Waals surface area (Å²) in [5.41, 5.74) is 2.63. The van der Waals surface area contributed by atoms with Gasteiger partial charge in [-0.3, -0.25) is 9.78 Å². The molecule has 1 aliphatic carbocycles. The van der Waals surface area contributed by atoms with Crippen LogP contribution in [-0.2, 0) is 17.4 Å². The molecule has 10 heteroatoms. The fraction of sp³-hybridized carbons (Fsp3) is 0.320. The number of alkyl halides is 3. The van der Waals surface area contributed by atoms with Crippen LogP contribution in [0.15, 0.2) is 66.8 Å². The minimum atomic E-state index is -4.42. The number of carbonyl (C=O) groups excluding carboxylic acids is 1. The van der Waals surface area contributed by atoms with Crippen molar-refractivity contribution >= 4 is 23.1 Å². The lowest BCUT2D eigenvalue weighted by atomic mass is 9.84. The molecule has 1 aliphatic rings. The van der Waals surface area contributed by atoms with E-state index in [-0.39, 0.29) is 11.8 Å². The van der Waals surface area contributed by atoms with E-state index in [9.17, 15) is 18.0 Å². The minimum absolute atomic E-state index is 0.000198. The Morgan fingerprint density at radius 2 is 1.91 bits per heavy atom. The molecule has 182 valence electrons. The summed E-state index contributed by atoms with van der Waals surface area (Å²) in [6, 6.07) is 7.69. The van der Waals surface area contributed by atoms with Gasteiger partial charge in [-0.2, -0.15) is 23.4 Å². The van der Waals surface area contributed by atoms with E-state index in [4.69, 9.17) is 0 Å². The molecule has 0 atom stereocenters. The molecule has 1 saturated carbocycles. The zero-order valence-corrected chi connectivity index (χ0v) is 18.9. The highest BCUT2D eigenvalue weighted by Crippen LogP contribution is 2.30. The smallest absolute Gasteiger partial charge is 0.339 e.